The number of rotatable bonds is 4. The summed E-state index contributed by atoms with van der Waals surface area (Å²) in [5, 5.41) is 4.02. The standard InChI is InChI=1S/C16H15FN2O/c1-12(10-13-6-3-2-4-7-13)18-19-16(20)14-8-5-9-15(17)11-14/h2-9,11H,10H2,1H3,(H,19,20). The molecule has 2 rings (SSSR count). The average Bonchev–Trinajstić information content (AvgIpc) is 2.46. The molecule has 4 heteroatoms. The second-order valence-corrected chi connectivity index (χ2v) is 4.46. The number of carbonyl (C=O) groups excluding carboxylic acids is 1. The van der Waals surface area contributed by atoms with Gasteiger partial charge in [-0.2, -0.15) is 5.10 Å². The predicted octanol–water partition coefficient (Wildman–Crippen LogP) is 3.17. The van der Waals surface area contributed by atoms with Crippen LogP contribution >= 0.6 is 0 Å². The Labute approximate surface area is 117 Å². The fourth-order valence-electron chi connectivity index (χ4n) is 1.77. The minimum absolute atomic E-state index is 0.251. The fraction of sp³-hybridized carbons (Fsp3) is 0.125. The van der Waals surface area contributed by atoms with Crippen LogP contribution in [0.4, 0.5) is 4.39 Å². The Morgan fingerprint density at radius 3 is 2.60 bits per heavy atom. The average molecular weight is 270 g/mol. The van der Waals surface area contributed by atoms with Crippen molar-refractivity contribution >= 4 is 11.6 Å². The van der Waals surface area contributed by atoms with Gasteiger partial charge >= 0.3 is 0 Å². The lowest BCUT2D eigenvalue weighted by Crippen LogP contribution is -2.19. The molecule has 0 unspecified atom stereocenters. The Hall–Kier alpha value is -2.49. The highest BCUT2D eigenvalue weighted by Crippen LogP contribution is 2.04. The van der Waals surface area contributed by atoms with Crippen molar-refractivity contribution in [3.63, 3.8) is 0 Å². The third kappa shape index (κ3) is 4.02. The molecule has 0 aliphatic heterocycles. The molecule has 0 atom stereocenters. The summed E-state index contributed by atoms with van der Waals surface area (Å²) in [7, 11) is 0. The van der Waals surface area contributed by atoms with Crippen molar-refractivity contribution < 1.29 is 9.18 Å². The molecule has 0 aromatic heterocycles. The van der Waals surface area contributed by atoms with Crippen LogP contribution in [-0.4, -0.2) is 11.6 Å². The second-order valence-electron chi connectivity index (χ2n) is 4.46. The molecular weight excluding hydrogens is 255 g/mol. The van der Waals surface area contributed by atoms with Crippen LogP contribution < -0.4 is 5.43 Å². The van der Waals surface area contributed by atoms with Gasteiger partial charge in [0.2, 0.25) is 0 Å². The van der Waals surface area contributed by atoms with Crippen LogP contribution in [0, 0.1) is 5.82 Å². The Kier molecular flexibility index (Phi) is 4.60. The first kappa shape index (κ1) is 13.9. The van der Waals surface area contributed by atoms with Crippen molar-refractivity contribution in [3.8, 4) is 0 Å². The zero-order chi connectivity index (χ0) is 14.4. The first-order chi connectivity index (χ1) is 9.65. The van der Waals surface area contributed by atoms with Crippen LogP contribution in [0.2, 0.25) is 0 Å². The number of hydrogen-bond donors (Lipinski definition) is 1. The molecule has 102 valence electrons. The van der Waals surface area contributed by atoms with Gasteiger partial charge < -0.3 is 0 Å². The van der Waals surface area contributed by atoms with Crippen LogP contribution in [0.1, 0.15) is 22.8 Å². The van der Waals surface area contributed by atoms with Crippen LogP contribution in [-0.2, 0) is 6.42 Å². The van der Waals surface area contributed by atoms with Crippen LogP contribution in [0.25, 0.3) is 0 Å². The van der Waals surface area contributed by atoms with E-state index in [1.165, 1.54) is 18.2 Å². The SMILES string of the molecule is CC(Cc1ccccc1)=NNC(=O)c1cccc(F)c1. The van der Waals surface area contributed by atoms with Gasteiger partial charge in [0.1, 0.15) is 5.82 Å². The molecule has 0 saturated heterocycles. The number of halogens is 1. The molecule has 0 radical (unpaired) electrons. The fourth-order valence-corrected chi connectivity index (χ4v) is 1.77. The molecule has 0 aliphatic rings. The molecule has 2 aromatic carbocycles. The zero-order valence-electron chi connectivity index (χ0n) is 11.1. The van der Waals surface area contributed by atoms with Gasteiger partial charge in [0.25, 0.3) is 5.91 Å². The second kappa shape index (κ2) is 6.61. The number of nitrogens with zero attached hydrogens (tertiary/aromatic N) is 1. The quantitative estimate of drug-likeness (QED) is 0.673. The summed E-state index contributed by atoms with van der Waals surface area (Å²) in [6.07, 6.45) is 0.657. The maximum absolute atomic E-state index is 13.0. The lowest BCUT2D eigenvalue weighted by Gasteiger charge is -2.03. The van der Waals surface area contributed by atoms with Crippen LogP contribution in [0.5, 0.6) is 0 Å². The molecule has 20 heavy (non-hydrogen) atoms. The normalized spacial score (nSPS) is 11.2. The minimum Gasteiger partial charge on any atom is -0.267 e. The molecule has 1 N–H and O–H groups in total. The highest BCUT2D eigenvalue weighted by Gasteiger charge is 2.05. The van der Waals surface area contributed by atoms with Gasteiger partial charge in [0.15, 0.2) is 0 Å². The highest BCUT2D eigenvalue weighted by molar-refractivity contribution is 5.95. The molecule has 0 aliphatic carbocycles. The van der Waals surface area contributed by atoms with Crippen molar-refractivity contribution in [2.45, 2.75) is 13.3 Å². The Morgan fingerprint density at radius 1 is 1.15 bits per heavy atom. The van der Waals surface area contributed by atoms with Gasteiger partial charge in [-0.1, -0.05) is 36.4 Å². The Balaban J connectivity index is 1.96. The summed E-state index contributed by atoms with van der Waals surface area (Å²) < 4.78 is 13.0. The lowest BCUT2D eigenvalue weighted by molar-refractivity contribution is 0.0954. The smallest absolute Gasteiger partial charge is 0.267 e. The van der Waals surface area contributed by atoms with E-state index in [2.05, 4.69) is 10.5 Å². The van der Waals surface area contributed by atoms with E-state index in [9.17, 15) is 9.18 Å². The van der Waals surface area contributed by atoms with E-state index in [0.717, 1.165) is 11.3 Å². The summed E-state index contributed by atoms with van der Waals surface area (Å²) >= 11 is 0. The number of nitrogens with one attached hydrogen (secondary N) is 1. The largest absolute Gasteiger partial charge is 0.271 e. The van der Waals surface area contributed by atoms with Gasteiger partial charge in [0, 0.05) is 17.7 Å². The lowest BCUT2D eigenvalue weighted by atomic mass is 10.1. The van der Waals surface area contributed by atoms with E-state index < -0.39 is 11.7 Å². The van der Waals surface area contributed by atoms with E-state index in [0.29, 0.717) is 6.42 Å². The molecule has 1 amide bonds. The monoisotopic (exact) mass is 270 g/mol. The van der Waals surface area contributed by atoms with E-state index in [4.69, 9.17) is 0 Å². The van der Waals surface area contributed by atoms with Crippen molar-refractivity contribution in [1.29, 1.82) is 0 Å². The first-order valence-electron chi connectivity index (χ1n) is 6.28. The van der Waals surface area contributed by atoms with E-state index >= 15 is 0 Å². The maximum Gasteiger partial charge on any atom is 0.271 e. The molecular formula is C16H15FN2O. The van der Waals surface area contributed by atoms with Crippen molar-refractivity contribution in [3.05, 3.63) is 71.5 Å². The van der Waals surface area contributed by atoms with E-state index in [1.54, 1.807) is 6.07 Å². The summed E-state index contributed by atoms with van der Waals surface area (Å²) in [6, 6.07) is 15.3. The number of carbonyl (C=O) groups is 1. The van der Waals surface area contributed by atoms with Crippen LogP contribution in [0.15, 0.2) is 59.7 Å². The number of benzene rings is 2. The molecule has 0 spiro atoms. The summed E-state index contributed by atoms with van der Waals surface area (Å²) in [4.78, 5) is 11.8. The van der Waals surface area contributed by atoms with E-state index in [-0.39, 0.29) is 5.56 Å². The Bertz CT molecular complexity index is 623. The molecule has 0 heterocycles. The number of hydrazone groups is 1. The topological polar surface area (TPSA) is 41.5 Å². The van der Waals surface area contributed by atoms with Crippen molar-refractivity contribution in [2.24, 2.45) is 5.10 Å². The van der Waals surface area contributed by atoms with Crippen LogP contribution in [0.3, 0.4) is 0 Å². The molecule has 3 nitrogen and oxygen atoms in total. The van der Waals surface area contributed by atoms with E-state index in [1.807, 2.05) is 37.3 Å². The van der Waals surface area contributed by atoms with Gasteiger partial charge in [0.05, 0.1) is 0 Å². The molecule has 0 fully saturated rings. The maximum atomic E-state index is 13.0. The summed E-state index contributed by atoms with van der Waals surface area (Å²) in [5.41, 5.74) is 4.58. The van der Waals surface area contributed by atoms with Crippen molar-refractivity contribution in [1.82, 2.24) is 5.43 Å². The predicted molar refractivity (Wildman–Crippen MR) is 77.1 cm³/mol. The number of hydrogen-bond acceptors (Lipinski definition) is 2. The first-order valence-corrected chi connectivity index (χ1v) is 6.28. The molecule has 2 aromatic rings. The Morgan fingerprint density at radius 2 is 1.90 bits per heavy atom. The third-order valence-electron chi connectivity index (χ3n) is 2.74. The molecule has 0 saturated carbocycles. The highest BCUT2D eigenvalue weighted by atomic mass is 19.1. The molecule has 0 bridgehead atoms. The zero-order valence-corrected chi connectivity index (χ0v) is 11.1. The third-order valence-corrected chi connectivity index (χ3v) is 2.74. The van der Waals surface area contributed by atoms with Gasteiger partial charge in [-0.3, -0.25) is 4.79 Å². The van der Waals surface area contributed by atoms with Gasteiger partial charge in [-0.05, 0) is 30.7 Å². The van der Waals surface area contributed by atoms with Gasteiger partial charge in [-0.15, -0.1) is 0 Å². The summed E-state index contributed by atoms with van der Waals surface area (Å²) in [5.74, 6) is -0.862. The minimum atomic E-state index is -0.442. The summed E-state index contributed by atoms with van der Waals surface area (Å²) in [6.45, 7) is 1.83. The van der Waals surface area contributed by atoms with Gasteiger partial charge in [-0.25, -0.2) is 9.82 Å². The number of amides is 1. The van der Waals surface area contributed by atoms with Crippen molar-refractivity contribution in [2.75, 3.05) is 0 Å².